The largest absolute Gasteiger partial charge is 0.356 e. The van der Waals surface area contributed by atoms with Crippen LogP contribution < -0.4 is 5.32 Å². The molecule has 33 heavy (non-hydrogen) atoms. The van der Waals surface area contributed by atoms with Crippen molar-refractivity contribution in [2.75, 3.05) is 39.3 Å². The van der Waals surface area contributed by atoms with E-state index in [-0.39, 0.29) is 11.8 Å². The Bertz CT molecular complexity index is 905. The highest BCUT2D eigenvalue weighted by Gasteiger charge is 2.26. The van der Waals surface area contributed by atoms with Gasteiger partial charge in [-0.3, -0.25) is 9.69 Å². The van der Waals surface area contributed by atoms with Gasteiger partial charge in [0.05, 0.1) is 5.69 Å². The zero-order chi connectivity index (χ0) is 23.2. The highest BCUT2D eigenvalue weighted by atomic mass is 16.1. The molecule has 2 fully saturated rings. The third-order valence-electron chi connectivity index (χ3n) is 7.52. The molecule has 180 valence electrons. The summed E-state index contributed by atoms with van der Waals surface area (Å²) in [4.78, 5) is 22.6. The number of hydrogen-bond acceptors (Lipinski definition) is 4. The molecule has 0 saturated carbocycles. The first kappa shape index (κ1) is 24.0. The molecule has 6 heteroatoms. The molecule has 6 nitrogen and oxygen atoms in total. The topological polar surface area (TPSA) is 53.4 Å². The number of carbonyl (C=O) groups is 1. The fraction of sp³-hybridized carbons (Fsp3) is 0.630. The molecule has 0 bridgehead atoms. The van der Waals surface area contributed by atoms with E-state index in [9.17, 15) is 4.79 Å². The third-order valence-corrected chi connectivity index (χ3v) is 7.52. The Balaban J connectivity index is 1.22. The Morgan fingerprint density at radius 3 is 2.39 bits per heavy atom. The minimum absolute atomic E-state index is 0.157. The SMILES string of the molecule is Cc1ccc(-c2nc(CN3CCC(C(=O)NCCCN4CCCCC4)CC3)c(C)n2C)cc1. The lowest BCUT2D eigenvalue weighted by Gasteiger charge is -2.31. The van der Waals surface area contributed by atoms with E-state index in [2.05, 4.69) is 64.8 Å². The maximum absolute atomic E-state index is 12.6. The number of carbonyl (C=O) groups excluding carboxylic acids is 1. The molecular formula is C27H41N5O. The van der Waals surface area contributed by atoms with Crippen LogP contribution in [0.15, 0.2) is 24.3 Å². The summed E-state index contributed by atoms with van der Waals surface area (Å²) in [7, 11) is 2.10. The number of aromatic nitrogens is 2. The van der Waals surface area contributed by atoms with Crippen LogP contribution in [0.2, 0.25) is 0 Å². The minimum atomic E-state index is 0.157. The van der Waals surface area contributed by atoms with Gasteiger partial charge in [0.2, 0.25) is 5.91 Å². The number of hydrogen-bond donors (Lipinski definition) is 1. The second-order valence-corrected chi connectivity index (χ2v) is 9.99. The summed E-state index contributed by atoms with van der Waals surface area (Å²) in [6.45, 7) is 11.4. The van der Waals surface area contributed by atoms with Gasteiger partial charge in [-0.2, -0.15) is 0 Å². The van der Waals surface area contributed by atoms with Gasteiger partial charge < -0.3 is 14.8 Å². The average Bonchev–Trinajstić information content (AvgIpc) is 3.12. The van der Waals surface area contributed by atoms with Crippen LogP contribution in [-0.4, -0.2) is 64.5 Å². The molecule has 3 heterocycles. The Morgan fingerprint density at radius 2 is 1.70 bits per heavy atom. The van der Waals surface area contributed by atoms with Gasteiger partial charge in [-0.15, -0.1) is 0 Å². The Labute approximate surface area is 199 Å². The minimum Gasteiger partial charge on any atom is -0.356 e. The van der Waals surface area contributed by atoms with E-state index in [0.717, 1.165) is 69.1 Å². The summed E-state index contributed by atoms with van der Waals surface area (Å²) in [5.74, 6) is 1.44. The van der Waals surface area contributed by atoms with Crippen molar-refractivity contribution < 1.29 is 4.79 Å². The molecule has 0 unspecified atom stereocenters. The lowest BCUT2D eigenvalue weighted by atomic mass is 9.95. The van der Waals surface area contributed by atoms with Gasteiger partial charge in [-0.1, -0.05) is 36.2 Å². The highest BCUT2D eigenvalue weighted by Crippen LogP contribution is 2.24. The second-order valence-electron chi connectivity index (χ2n) is 9.99. The van der Waals surface area contributed by atoms with Crippen molar-refractivity contribution in [1.82, 2.24) is 24.7 Å². The molecule has 4 rings (SSSR count). The van der Waals surface area contributed by atoms with E-state index in [1.807, 2.05) is 0 Å². The Kier molecular flexibility index (Phi) is 8.20. The highest BCUT2D eigenvalue weighted by molar-refractivity contribution is 5.78. The zero-order valence-corrected chi connectivity index (χ0v) is 20.8. The predicted molar refractivity (Wildman–Crippen MR) is 134 cm³/mol. The van der Waals surface area contributed by atoms with E-state index in [4.69, 9.17) is 4.98 Å². The summed E-state index contributed by atoms with van der Waals surface area (Å²) >= 11 is 0. The van der Waals surface area contributed by atoms with Crippen LogP contribution in [0.3, 0.4) is 0 Å². The third kappa shape index (κ3) is 6.24. The number of benzene rings is 1. The lowest BCUT2D eigenvalue weighted by Crippen LogP contribution is -2.41. The molecule has 0 atom stereocenters. The van der Waals surface area contributed by atoms with Crippen LogP contribution in [-0.2, 0) is 18.4 Å². The van der Waals surface area contributed by atoms with Crippen molar-refractivity contribution in [1.29, 1.82) is 0 Å². The number of aryl methyl sites for hydroxylation is 1. The van der Waals surface area contributed by atoms with Crippen molar-refractivity contribution >= 4 is 5.91 Å². The molecule has 1 amide bonds. The molecule has 1 aromatic carbocycles. The number of nitrogens with zero attached hydrogens (tertiary/aromatic N) is 4. The van der Waals surface area contributed by atoms with Crippen molar-refractivity contribution in [2.24, 2.45) is 13.0 Å². The summed E-state index contributed by atoms with van der Waals surface area (Å²) in [5, 5.41) is 3.20. The van der Waals surface area contributed by atoms with E-state index < -0.39 is 0 Å². The van der Waals surface area contributed by atoms with Crippen LogP contribution in [0.4, 0.5) is 0 Å². The van der Waals surface area contributed by atoms with E-state index in [1.165, 1.54) is 43.6 Å². The van der Waals surface area contributed by atoms with E-state index in [1.54, 1.807) is 0 Å². The molecule has 0 radical (unpaired) electrons. The van der Waals surface area contributed by atoms with Crippen LogP contribution >= 0.6 is 0 Å². The smallest absolute Gasteiger partial charge is 0.223 e. The first-order chi connectivity index (χ1) is 16.0. The Morgan fingerprint density at radius 1 is 1.00 bits per heavy atom. The molecule has 0 aliphatic carbocycles. The van der Waals surface area contributed by atoms with Crippen molar-refractivity contribution in [3.63, 3.8) is 0 Å². The summed E-state index contributed by atoms with van der Waals surface area (Å²) < 4.78 is 2.20. The van der Waals surface area contributed by atoms with E-state index >= 15 is 0 Å². The van der Waals surface area contributed by atoms with Crippen LogP contribution in [0.25, 0.3) is 11.4 Å². The number of amides is 1. The monoisotopic (exact) mass is 451 g/mol. The standard InChI is InChI=1S/C27H41N5O/c1-21-8-10-23(11-9-21)26-29-25(22(2)30(26)3)20-32-18-12-24(13-19-32)27(33)28-14-7-17-31-15-5-4-6-16-31/h8-11,24H,4-7,12-20H2,1-3H3,(H,28,33). The Hall–Kier alpha value is -2.18. The van der Waals surface area contributed by atoms with Gasteiger partial charge in [-0.25, -0.2) is 4.98 Å². The quantitative estimate of drug-likeness (QED) is 0.619. The maximum Gasteiger partial charge on any atom is 0.223 e. The number of nitrogens with one attached hydrogen (secondary N) is 1. The summed E-state index contributed by atoms with van der Waals surface area (Å²) in [5.41, 5.74) is 4.79. The molecule has 0 spiro atoms. The first-order valence-corrected chi connectivity index (χ1v) is 12.8. The van der Waals surface area contributed by atoms with Gasteiger partial charge in [0.15, 0.2) is 0 Å². The zero-order valence-electron chi connectivity index (χ0n) is 20.8. The molecule has 2 aromatic rings. The first-order valence-electron chi connectivity index (χ1n) is 12.8. The van der Waals surface area contributed by atoms with Gasteiger partial charge in [0, 0.05) is 37.3 Å². The number of likely N-dealkylation sites (tertiary alicyclic amines) is 2. The van der Waals surface area contributed by atoms with Gasteiger partial charge >= 0.3 is 0 Å². The number of imidazole rings is 1. The predicted octanol–water partition coefficient (Wildman–Crippen LogP) is 3.91. The molecule has 2 saturated heterocycles. The summed E-state index contributed by atoms with van der Waals surface area (Å²) in [6.07, 6.45) is 6.97. The molecule has 2 aliphatic rings. The molecule has 2 aliphatic heterocycles. The van der Waals surface area contributed by atoms with Crippen LogP contribution in [0.1, 0.15) is 55.5 Å². The normalized spacial score (nSPS) is 18.5. The molecule has 1 aromatic heterocycles. The molecular weight excluding hydrogens is 410 g/mol. The fourth-order valence-electron chi connectivity index (χ4n) is 5.15. The maximum atomic E-state index is 12.6. The summed E-state index contributed by atoms with van der Waals surface area (Å²) in [6, 6.07) is 8.58. The average molecular weight is 452 g/mol. The van der Waals surface area contributed by atoms with Crippen molar-refractivity contribution in [3.05, 3.63) is 41.2 Å². The van der Waals surface area contributed by atoms with Crippen molar-refractivity contribution in [2.45, 2.75) is 58.9 Å². The lowest BCUT2D eigenvalue weighted by molar-refractivity contribution is -0.126. The molecule has 1 N–H and O–H groups in total. The van der Waals surface area contributed by atoms with Gasteiger partial charge in [-0.05, 0) is 78.7 Å². The van der Waals surface area contributed by atoms with Gasteiger partial charge in [0.25, 0.3) is 0 Å². The fourth-order valence-corrected chi connectivity index (χ4v) is 5.15. The second kappa shape index (κ2) is 11.3. The van der Waals surface area contributed by atoms with Crippen molar-refractivity contribution in [3.8, 4) is 11.4 Å². The van der Waals surface area contributed by atoms with Crippen LogP contribution in [0, 0.1) is 19.8 Å². The van der Waals surface area contributed by atoms with E-state index in [0.29, 0.717) is 0 Å². The number of rotatable bonds is 8. The van der Waals surface area contributed by atoms with Gasteiger partial charge in [0.1, 0.15) is 5.82 Å². The van der Waals surface area contributed by atoms with Crippen LogP contribution in [0.5, 0.6) is 0 Å². The number of piperidine rings is 2.